The SMILES string of the molecule is COc1nc2c(s1)CC(C(C)C)N1C=C(C(=O)O)C(O)C=C21. The molecule has 0 spiro atoms. The Morgan fingerprint density at radius 2 is 2.27 bits per heavy atom. The van der Waals surface area contributed by atoms with Crippen molar-refractivity contribution in [2.75, 3.05) is 7.11 Å². The number of nitrogens with zero attached hydrogens (tertiary/aromatic N) is 2. The van der Waals surface area contributed by atoms with Crippen LogP contribution in [0.25, 0.3) is 5.70 Å². The highest BCUT2D eigenvalue weighted by molar-refractivity contribution is 7.13. The van der Waals surface area contributed by atoms with Crippen molar-refractivity contribution in [1.29, 1.82) is 0 Å². The Labute approximate surface area is 132 Å². The zero-order valence-electron chi connectivity index (χ0n) is 12.6. The summed E-state index contributed by atoms with van der Waals surface area (Å²) in [6, 6.07) is 0.130. The minimum atomic E-state index is -1.13. The van der Waals surface area contributed by atoms with Crippen LogP contribution in [0.5, 0.6) is 5.19 Å². The first-order valence-electron chi connectivity index (χ1n) is 7.09. The molecule has 1 aromatic rings. The van der Waals surface area contributed by atoms with Gasteiger partial charge >= 0.3 is 5.97 Å². The fraction of sp³-hybridized carbons (Fsp3) is 0.467. The average molecular weight is 322 g/mol. The van der Waals surface area contributed by atoms with Gasteiger partial charge in [0.25, 0.3) is 5.19 Å². The molecule has 0 saturated carbocycles. The van der Waals surface area contributed by atoms with Gasteiger partial charge in [0.2, 0.25) is 0 Å². The van der Waals surface area contributed by atoms with Gasteiger partial charge in [0, 0.05) is 23.5 Å². The van der Waals surface area contributed by atoms with E-state index in [0.717, 1.165) is 22.7 Å². The Bertz CT molecular complexity index is 677. The Morgan fingerprint density at radius 1 is 1.55 bits per heavy atom. The maximum atomic E-state index is 11.3. The number of aliphatic hydroxyl groups is 1. The topological polar surface area (TPSA) is 82.9 Å². The first-order chi connectivity index (χ1) is 10.4. The van der Waals surface area contributed by atoms with E-state index < -0.39 is 12.1 Å². The molecule has 118 valence electrons. The van der Waals surface area contributed by atoms with Crippen molar-refractivity contribution >= 4 is 23.0 Å². The lowest BCUT2D eigenvalue weighted by Crippen LogP contribution is -2.42. The Balaban J connectivity index is 2.11. The lowest BCUT2D eigenvalue weighted by atomic mass is 9.90. The Morgan fingerprint density at radius 3 is 2.86 bits per heavy atom. The minimum Gasteiger partial charge on any atom is -0.478 e. The monoisotopic (exact) mass is 322 g/mol. The number of fused-ring (bicyclic) bond motifs is 3. The largest absolute Gasteiger partial charge is 0.478 e. The number of aliphatic carboxylic acids is 1. The van der Waals surface area contributed by atoms with Crippen LogP contribution in [0.15, 0.2) is 17.8 Å². The molecular weight excluding hydrogens is 304 g/mol. The van der Waals surface area contributed by atoms with Crippen molar-refractivity contribution in [3.8, 4) is 5.19 Å². The van der Waals surface area contributed by atoms with Crippen molar-refractivity contribution in [3.63, 3.8) is 0 Å². The number of aliphatic hydroxyl groups excluding tert-OH is 1. The van der Waals surface area contributed by atoms with Gasteiger partial charge < -0.3 is 19.8 Å². The predicted octanol–water partition coefficient (Wildman–Crippen LogP) is 1.72. The zero-order valence-corrected chi connectivity index (χ0v) is 13.4. The molecule has 0 amide bonds. The van der Waals surface area contributed by atoms with Gasteiger partial charge in [-0.2, -0.15) is 0 Å². The maximum absolute atomic E-state index is 11.3. The number of aromatic nitrogens is 1. The molecule has 3 rings (SSSR count). The second-order valence-electron chi connectivity index (χ2n) is 5.76. The normalized spacial score (nSPS) is 23.6. The molecule has 0 radical (unpaired) electrons. The second kappa shape index (κ2) is 5.40. The number of ether oxygens (including phenoxy) is 1. The van der Waals surface area contributed by atoms with Crippen LogP contribution in [0, 0.1) is 5.92 Å². The van der Waals surface area contributed by atoms with E-state index in [9.17, 15) is 15.0 Å². The quantitative estimate of drug-likeness (QED) is 0.882. The summed E-state index contributed by atoms with van der Waals surface area (Å²) in [4.78, 5) is 18.8. The fourth-order valence-electron chi connectivity index (χ4n) is 2.88. The van der Waals surface area contributed by atoms with Gasteiger partial charge in [0.15, 0.2) is 0 Å². The molecule has 2 aliphatic rings. The summed E-state index contributed by atoms with van der Waals surface area (Å²) >= 11 is 1.50. The molecule has 0 saturated heterocycles. The summed E-state index contributed by atoms with van der Waals surface area (Å²) < 4.78 is 5.22. The van der Waals surface area contributed by atoms with Crippen LogP contribution in [-0.2, 0) is 11.2 Å². The molecule has 0 aliphatic carbocycles. The second-order valence-corrected chi connectivity index (χ2v) is 6.81. The van der Waals surface area contributed by atoms with E-state index in [1.54, 1.807) is 19.4 Å². The minimum absolute atomic E-state index is 0.0138. The first-order valence-corrected chi connectivity index (χ1v) is 7.91. The standard InChI is InChI=1S/C15H18N2O4S/c1-7(2)9-5-12-13(16-15(21-3)22-12)10-4-11(18)8(14(19)20)6-17(9)10/h4,6-7,9,11,18H,5H2,1-3H3,(H,19,20). The van der Waals surface area contributed by atoms with Crippen molar-refractivity contribution in [3.05, 3.63) is 28.4 Å². The van der Waals surface area contributed by atoms with E-state index in [1.807, 2.05) is 4.90 Å². The molecule has 3 heterocycles. The molecule has 2 atom stereocenters. The van der Waals surface area contributed by atoms with Crippen LogP contribution < -0.4 is 4.74 Å². The summed E-state index contributed by atoms with van der Waals surface area (Å²) in [6.45, 7) is 4.20. The van der Waals surface area contributed by atoms with Gasteiger partial charge in [-0.3, -0.25) is 0 Å². The van der Waals surface area contributed by atoms with E-state index in [1.165, 1.54) is 11.3 Å². The molecule has 2 aliphatic heterocycles. The first kappa shape index (κ1) is 15.1. The molecular formula is C15H18N2O4S. The Kier molecular flexibility index (Phi) is 3.70. The third-order valence-corrected chi connectivity index (χ3v) is 5.09. The van der Waals surface area contributed by atoms with E-state index in [2.05, 4.69) is 18.8 Å². The molecule has 0 aromatic carbocycles. The third kappa shape index (κ3) is 2.30. The molecule has 0 fully saturated rings. The molecule has 22 heavy (non-hydrogen) atoms. The molecule has 1 aromatic heterocycles. The van der Waals surface area contributed by atoms with Crippen LogP contribution in [0.4, 0.5) is 0 Å². The summed E-state index contributed by atoms with van der Waals surface area (Å²) in [5, 5.41) is 19.9. The van der Waals surface area contributed by atoms with Crippen molar-refractivity contribution in [1.82, 2.24) is 9.88 Å². The number of hydrogen-bond donors (Lipinski definition) is 2. The third-order valence-electron chi connectivity index (χ3n) is 4.05. The summed E-state index contributed by atoms with van der Waals surface area (Å²) in [6.07, 6.45) is 2.76. The van der Waals surface area contributed by atoms with Gasteiger partial charge in [0.1, 0.15) is 11.8 Å². The van der Waals surface area contributed by atoms with Crippen LogP contribution in [0.2, 0.25) is 0 Å². The number of carboxylic acids is 1. The van der Waals surface area contributed by atoms with Gasteiger partial charge in [0.05, 0.1) is 18.4 Å². The number of carboxylic acid groups (broad SMARTS) is 1. The summed E-state index contributed by atoms with van der Waals surface area (Å²) in [7, 11) is 1.58. The highest BCUT2D eigenvalue weighted by atomic mass is 32.1. The van der Waals surface area contributed by atoms with Crippen LogP contribution in [0.1, 0.15) is 24.4 Å². The van der Waals surface area contributed by atoms with Crippen LogP contribution in [-0.4, -0.2) is 45.3 Å². The number of carbonyl (C=O) groups is 1. The van der Waals surface area contributed by atoms with E-state index in [-0.39, 0.29) is 11.6 Å². The smallest absolute Gasteiger partial charge is 0.336 e. The fourth-order valence-corrected chi connectivity index (χ4v) is 3.81. The van der Waals surface area contributed by atoms with E-state index in [4.69, 9.17) is 4.74 Å². The average Bonchev–Trinajstić information content (AvgIpc) is 2.88. The van der Waals surface area contributed by atoms with Gasteiger partial charge in [-0.25, -0.2) is 9.78 Å². The van der Waals surface area contributed by atoms with E-state index in [0.29, 0.717) is 11.1 Å². The lowest BCUT2D eigenvalue weighted by molar-refractivity contribution is -0.133. The maximum Gasteiger partial charge on any atom is 0.336 e. The van der Waals surface area contributed by atoms with Crippen molar-refractivity contribution < 1.29 is 19.7 Å². The molecule has 6 nitrogen and oxygen atoms in total. The predicted molar refractivity (Wildman–Crippen MR) is 82.5 cm³/mol. The van der Waals surface area contributed by atoms with Gasteiger partial charge in [-0.05, 0) is 12.0 Å². The number of thiazole rings is 1. The lowest BCUT2D eigenvalue weighted by Gasteiger charge is -2.41. The number of methoxy groups -OCH3 is 1. The molecule has 7 heteroatoms. The highest BCUT2D eigenvalue weighted by Crippen LogP contribution is 2.42. The zero-order chi connectivity index (χ0) is 16.0. The number of hydrogen-bond acceptors (Lipinski definition) is 6. The van der Waals surface area contributed by atoms with Crippen LogP contribution in [0.3, 0.4) is 0 Å². The highest BCUT2D eigenvalue weighted by Gasteiger charge is 2.37. The van der Waals surface area contributed by atoms with Crippen molar-refractivity contribution in [2.45, 2.75) is 32.4 Å². The molecule has 0 bridgehead atoms. The number of rotatable bonds is 3. The van der Waals surface area contributed by atoms with Crippen molar-refractivity contribution in [2.24, 2.45) is 5.92 Å². The van der Waals surface area contributed by atoms with Crippen LogP contribution >= 0.6 is 11.3 Å². The molecule has 2 unspecified atom stereocenters. The van der Waals surface area contributed by atoms with E-state index >= 15 is 0 Å². The van der Waals surface area contributed by atoms with Gasteiger partial charge in [-0.1, -0.05) is 25.2 Å². The Hall–Kier alpha value is -1.86. The van der Waals surface area contributed by atoms with Gasteiger partial charge in [-0.15, -0.1) is 0 Å². The summed E-state index contributed by atoms with van der Waals surface area (Å²) in [5.41, 5.74) is 1.52. The molecule has 2 N–H and O–H groups in total. The summed E-state index contributed by atoms with van der Waals surface area (Å²) in [5.74, 6) is -0.779.